The highest BCUT2D eigenvalue weighted by molar-refractivity contribution is 6.19. The first kappa shape index (κ1) is 9.28. The second-order valence-corrected chi connectivity index (χ2v) is 3.96. The first-order valence-corrected chi connectivity index (χ1v) is 5.26. The van der Waals surface area contributed by atoms with Crippen LogP contribution in [-0.4, -0.2) is 23.7 Å². The summed E-state index contributed by atoms with van der Waals surface area (Å²) in [6.45, 7) is 0. The van der Waals surface area contributed by atoms with Crippen molar-refractivity contribution in [2.75, 3.05) is 5.88 Å². The summed E-state index contributed by atoms with van der Waals surface area (Å²) in [6.07, 6.45) is 4.46. The molecule has 1 heterocycles. The van der Waals surface area contributed by atoms with Gasteiger partial charge in [0.1, 0.15) is 0 Å². The lowest BCUT2D eigenvalue weighted by Crippen LogP contribution is -2.33. The molecule has 1 saturated heterocycles. The minimum atomic E-state index is -0.616. The molecule has 0 aromatic rings. The topological polar surface area (TPSA) is 35.5 Å². The van der Waals surface area contributed by atoms with Crippen LogP contribution in [-0.2, 0) is 14.3 Å². The average Bonchev–Trinajstić information content (AvgIpc) is 2.44. The average molecular weight is 205 g/mol. The van der Waals surface area contributed by atoms with Gasteiger partial charge in [0.2, 0.25) is 5.79 Å². The Balaban J connectivity index is 2.05. The Bertz CT molecular complexity index is 211. The van der Waals surface area contributed by atoms with Gasteiger partial charge in [0.25, 0.3) is 0 Å². The van der Waals surface area contributed by atoms with Crippen molar-refractivity contribution < 1.29 is 14.3 Å². The van der Waals surface area contributed by atoms with Gasteiger partial charge in [-0.3, -0.25) is 0 Å². The maximum atomic E-state index is 11.2. The van der Waals surface area contributed by atoms with Crippen LogP contribution in [0.15, 0.2) is 0 Å². The van der Waals surface area contributed by atoms with E-state index < -0.39 is 11.9 Å². The van der Waals surface area contributed by atoms with Crippen molar-refractivity contribution in [3.8, 4) is 0 Å². The van der Waals surface area contributed by atoms with E-state index in [2.05, 4.69) is 0 Å². The number of carbonyl (C=O) groups is 1. The van der Waals surface area contributed by atoms with Gasteiger partial charge < -0.3 is 9.47 Å². The van der Waals surface area contributed by atoms with Crippen molar-refractivity contribution in [2.45, 2.75) is 44.0 Å². The number of ether oxygens (including phenoxy) is 2. The Morgan fingerprint density at radius 2 is 2.08 bits per heavy atom. The number of alkyl halides is 1. The van der Waals surface area contributed by atoms with Crippen LogP contribution in [0.1, 0.15) is 32.1 Å². The zero-order valence-electron chi connectivity index (χ0n) is 7.42. The Kier molecular flexibility index (Phi) is 2.47. The Morgan fingerprint density at radius 1 is 1.38 bits per heavy atom. The summed E-state index contributed by atoms with van der Waals surface area (Å²) in [5.41, 5.74) is 0. The summed E-state index contributed by atoms with van der Waals surface area (Å²) in [5.74, 6) is -0.716. The number of esters is 1. The quantitative estimate of drug-likeness (QED) is 0.483. The fraction of sp³-hybridized carbons (Fsp3) is 0.889. The monoisotopic (exact) mass is 204 g/mol. The van der Waals surface area contributed by atoms with Crippen LogP contribution in [0, 0.1) is 0 Å². The van der Waals surface area contributed by atoms with E-state index in [1.807, 2.05) is 0 Å². The molecule has 13 heavy (non-hydrogen) atoms. The number of hydrogen-bond acceptors (Lipinski definition) is 3. The van der Waals surface area contributed by atoms with E-state index in [0.717, 1.165) is 25.7 Å². The molecule has 1 unspecified atom stereocenters. The molecule has 0 bridgehead atoms. The molecule has 2 aliphatic rings. The zero-order valence-corrected chi connectivity index (χ0v) is 8.18. The molecule has 74 valence electrons. The predicted molar refractivity (Wildman–Crippen MR) is 47.5 cm³/mol. The summed E-state index contributed by atoms with van der Waals surface area (Å²) in [6, 6.07) is 0. The number of rotatable bonds is 1. The van der Waals surface area contributed by atoms with E-state index in [9.17, 15) is 4.79 Å². The van der Waals surface area contributed by atoms with Crippen molar-refractivity contribution in [3.63, 3.8) is 0 Å². The zero-order chi connectivity index (χ0) is 9.31. The van der Waals surface area contributed by atoms with Gasteiger partial charge in [-0.15, -0.1) is 11.6 Å². The molecule has 3 nitrogen and oxygen atoms in total. The van der Waals surface area contributed by atoms with Gasteiger partial charge in [0.05, 0.1) is 5.88 Å². The molecule has 1 atom stereocenters. The molecule has 1 spiro atoms. The molecule has 1 saturated carbocycles. The molecule has 2 rings (SSSR count). The van der Waals surface area contributed by atoms with Crippen LogP contribution in [0.25, 0.3) is 0 Å². The molecule has 0 aromatic heterocycles. The second kappa shape index (κ2) is 3.46. The molecular formula is C9H13ClO3. The molecule has 0 amide bonds. The van der Waals surface area contributed by atoms with Crippen molar-refractivity contribution in [1.29, 1.82) is 0 Å². The first-order chi connectivity index (χ1) is 6.26. The van der Waals surface area contributed by atoms with Crippen LogP contribution in [0.4, 0.5) is 0 Å². The third kappa shape index (κ3) is 1.67. The molecule has 0 N–H and O–H groups in total. The largest absolute Gasteiger partial charge is 0.431 e. The molecule has 0 radical (unpaired) electrons. The van der Waals surface area contributed by atoms with E-state index in [1.165, 1.54) is 6.42 Å². The Hall–Kier alpha value is -0.280. The van der Waals surface area contributed by atoms with Gasteiger partial charge in [-0.05, 0) is 12.8 Å². The highest BCUT2D eigenvalue weighted by Gasteiger charge is 2.47. The van der Waals surface area contributed by atoms with E-state index in [1.54, 1.807) is 0 Å². The van der Waals surface area contributed by atoms with Crippen molar-refractivity contribution >= 4 is 17.6 Å². The molecule has 4 heteroatoms. The molecule has 0 aromatic carbocycles. The molecule has 1 aliphatic carbocycles. The van der Waals surface area contributed by atoms with Crippen molar-refractivity contribution in [2.24, 2.45) is 0 Å². The Labute approximate surface area is 82.3 Å². The van der Waals surface area contributed by atoms with Gasteiger partial charge in [-0.2, -0.15) is 0 Å². The lowest BCUT2D eigenvalue weighted by Gasteiger charge is -2.30. The molecule has 1 aliphatic heterocycles. The highest BCUT2D eigenvalue weighted by Crippen LogP contribution is 2.38. The van der Waals surface area contributed by atoms with Gasteiger partial charge in [0, 0.05) is 12.8 Å². The van der Waals surface area contributed by atoms with Crippen molar-refractivity contribution in [1.82, 2.24) is 0 Å². The summed E-state index contributed by atoms with van der Waals surface area (Å²) in [5, 5.41) is 0. The third-order valence-electron chi connectivity index (χ3n) is 2.66. The van der Waals surface area contributed by atoms with Gasteiger partial charge in [0.15, 0.2) is 6.10 Å². The van der Waals surface area contributed by atoms with Crippen molar-refractivity contribution in [3.05, 3.63) is 0 Å². The third-order valence-corrected chi connectivity index (χ3v) is 2.94. The van der Waals surface area contributed by atoms with E-state index in [-0.39, 0.29) is 11.8 Å². The fourth-order valence-corrected chi connectivity index (χ4v) is 2.17. The predicted octanol–water partition coefficient (Wildman–Crippen LogP) is 1.83. The molecule has 2 fully saturated rings. The van der Waals surface area contributed by atoms with Gasteiger partial charge in [-0.25, -0.2) is 4.79 Å². The minimum absolute atomic E-state index is 0.195. The first-order valence-electron chi connectivity index (χ1n) is 4.72. The fourth-order valence-electron chi connectivity index (χ4n) is 1.99. The maximum Gasteiger partial charge on any atom is 0.339 e. The standard InChI is InChI=1S/C9H13ClO3/c10-6-7-8(11)13-9(12-7)4-2-1-3-5-9/h7H,1-6H2. The van der Waals surface area contributed by atoms with Crippen LogP contribution < -0.4 is 0 Å². The molecular weight excluding hydrogens is 192 g/mol. The lowest BCUT2D eigenvalue weighted by molar-refractivity contribution is -0.190. The van der Waals surface area contributed by atoms with Gasteiger partial charge >= 0.3 is 5.97 Å². The van der Waals surface area contributed by atoms with Crippen LogP contribution in [0.5, 0.6) is 0 Å². The normalized spacial score (nSPS) is 32.1. The van der Waals surface area contributed by atoms with E-state index in [4.69, 9.17) is 21.1 Å². The number of halogens is 1. The Morgan fingerprint density at radius 3 is 2.62 bits per heavy atom. The summed E-state index contributed by atoms with van der Waals surface area (Å²) >= 11 is 5.58. The van der Waals surface area contributed by atoms with Crippen LogP contribution in [0.2, 0.25) is 0 Å². The van der Waals surface area contributed by atoms with Crippen LogP contribution in [0.3, 0.4) is 0 Å². The highest BCUT2D eigenvalue weighted by atomic mass is 35.5. The van der Waals surface area contributed by atoms with E-state index in [0.29, 0.717) is 0 Å². The lowest BCUT2D eigenvalue weighted by atomic mass is 9.94. The minimum Gasteiger partial charge on any atom is -0.431 e. The van der Waals surface area contributed by atoms with Crippen LogP contribution >= 0.6 is 11.6 Å². The summed E-state index contributed by atoms with van der Waals surface area (Å²) in [4.78, 5) is 11.2. The number of carbonyl (C=O) groups excluding carboxylic acids is 1. The maximum absolute atomic E-state index is 11.2. The summed E-state index contributed by atoms with van der Waals surface area (Å²) in [7, 11) is 0. The number of hydrogen-bond donors (Lipinski definition) is 0. The SMILES string of the molecule is O=C1OC2(CCCCC2)OC1CCl. The summed E-state index contributed by atoms with van der Waals surface area (Å²) < 4.78 is 10.8. The van der Waals surface area contributed by atoms with E-state index >= 15 is 0 Å². The van der Waals surface area contributed by atoms with Gasteiger partial charge in [-0.1, -0.05) is 6.42 Å². The second-order valence-electron chi connectivity index (χ2n) is 3.65. The smallest absolute Gasteiger partial charge is 0.339 e.